The number of benzene rings is 1. The van der Waals surface area contributed by atoms with Crippen LogP contribution in [0.15, 0.2) is 18.2 Å². The maximum Gasteiger partial charge on any atom is 0.416 e. The van der Waals surface area contributed by atoms with E-state index < -0.39 is 11.7 Å². The summed E-state index contributed by atoms with van der Waals surface area (Å²) in [7, 11) is 4.00. The second kappa shape index (κ2) is 6.23. The second-order valence-electron chi connectivity index (χ2n) is 5.84. The summed E-state index contributed by atoms with van der Waals surface area (Å²) in [5, 5.41) is 0. The number of rotatable bonds is 4. The number of nitrogens with zero attached hydrogens (tertiary/aromatic N) is 2. The summed E-state index contributed by atoms with van der Waals surface area (Å²) in [4.78, 5) is 4.29. The minimum absolute atomic E-state index is 0.105. The quantitative estimate of drug-likeness (QED) is 0.927. The average Bonchev–Trinajstić information content (AvgIpc) is 2.82. The highest BCUT2D eigenvalue weighted by Gasteiger charge is 2.31. The molecule has 118 valence electrons. The van der Waals surface area contributed by atoms with Crippen LogP contribution in [0.1, 0.15) is 17.5 Å². The third-order valence-corrected chi connectivity index (χ3v) is 4.06. The fourth-order valence-electron chi connectivity index (χ4n) is 2.96. The van der Waals surface area contributed by atoms with Gasteiger partial charge in [-0.25, -0.2) is 0 Å². The molecule has 21 heavy (non-hydrogen) atoms. The van der Waals surface area contributed by atoms with Gasteiger partial charge < -0.3 is 15.5 Å². The molecule has 1 saturated heterocycles. The summed E-state index contributed by atoms with van der Waals surface area (Å²) in [6, 6.07) is 3.82. The van der Waals surface area contributed by atoms with E-state index in [0.29, 0.717) is 11.5 Å². The maximum absolute atomic E-state index is 12.7. The first-order valence-electron chi connectivity index (χ1n) is 7.11. The van der Waals surface area contributed by atoms with Gasteiger partial charge in [0.25, 0.3) is 0 Å². The molecule has 0 radical (unpaired) electrons. The van der Waals surface area contributed by atoms with E-state index in [4.69, 9.17) is 5.73 Å². The van der Waals surface area contributed by atoms with Crippen LogP contribution >= 0.6 is 0 Å². The lowest BCUT2D eigenvalue weighted by atomic mass is 10.0. The molecule has 0 aromatic heterocycles. The van der Waals surface area contributed by atoms with Gasteiger partial charge in [-0.15, -0.1) is 0 Å². The van der Waals surface area contributed by atoms with E-state index in [2.05, 4.69) is 11.9 Å². The van der Waals surface area contributed by atoms with Gasteiger partial charge >= 0.3 is 6.18 Å². The SMILES string of the molecule is CN1CCC(CN(C)c2ccc(C(F)(F)F)cc2CN)C1. The van der Waals surface area contributed by atoms with Gasteiger partial charge in [0.1, 0.15) is 0 Å². The van der Waals surface area contributed by atoms with Gasteiger partial charge in [0.05, 0.1) is 5.56 Å². The third-order valence-electron chi connectivity index (χ3n) is 4.06. The minimum Gasteiger partial charge on any atom is -0.374 e. The van der Waals surface area contributed by atoms with E-state index >= 15 is 0 Å². The van der Waals surface area contributed by atoms with Crippen LogP contribution in [0.5, 0.6) is 0 Å². The van der Waals surface area contributed by atoms with E-state index in [0.717, 1.165) is 43.9 Å². The number of alkyl halides is 3. The Kier molecular flexibility index (Phi) is 4.78. The Morgan fingerprint density at radius 3 is 2.62 bits per heavy atom. The van der Waals surface area contributed by atoms with E-state index in [1.165, 1.54) is 6.07 Å². The zero-order chi connectivity index (χ0) is 15.6. The normalized spacial score (nSPS) is 20.0. The zero-order valence-electron chi connectivity index (χ0n) is 12.5. The Labute approximate surface area is 123 Å². The molecule has 1 atom stereocenters. The number of hydrogen-bond donors (Lipinski definition) is 1. The van der Waals surface area contributed by atoms with E-state index in [9.17, 15) is 13.2 Å². The number of anilines is 1. The van der Waals surface area contributed by atoms with Gasteiger partial charge in [0.2, 0.25) is 0 Å². The van der Waals surface area contributed by atoms with Crippen molar-refractivity contribution in [1.29, 1.82) is 0 Å². The number of nitrogens with two attached hydrogens (primary N) is 1. The molecule has 1 heterocycles. The van der Waals surface area contributed by atoms with Crippen LogP contribution in [0.4, 0.5) is 18.9 Å². The second-order valence-corrected chi connectivity index (χ2v) is 5.84. The van der Waals surface area contributed by atoms with Crippen LogP contribution in [0.25, 0.3) is 0 Å². The standard InChI is InChI=1S/C15H22F3N3/c1-20-6-5-11(9-20)10-21(2)14-4-3-13(15(16,17)18)7-12(14)8-19/h3-4,7,11H,5-6,8-10,19H2,1-2H3. The number of halogens is 3. The lowest BCUT2D eigenvalue weighted by molar-refractivity contribution is -0.137. The highest BCUT2D eigenvalue weighted by Crippen LogP contribution is 2.33. The highest BCUT2D eigenvalue weighted by atomic mass is 19.4. The minimum atomic E-state index is -4.32. The van der Waals surface area contributed by atoms with Crippen LogP contribution < -0.4 is 10.6 Å². The van der Waals surface area contributed by atoms with E-state index in [1.807, 2.05) is 11.9 Å². The molecule has 1 aromatic rings. The first kappa shape index (κ1) is 16.1. The Morgan fingerprint density at radius 2 is 2.10 bits per heavy atom. The molecule has 1 aliphatic rings. The Hall–Kier alpha value is -1.27. The van der Waals surface area contributed by atoms with Crippen LogP contribution in [0, 0.1) is 5.92 Å². The first-order valence-corrected chi connectivity index (χ1v) is 7.11. The smallest absolute Gasteiger partial charge is 0.374 e. The first-order chi connectivity index (χ1) is 9.81. The molecule has 0 saturated carbocycles. The van der Waals surface area contributed by atoms with Crippen molar-refractivity contribution in [2.45, 2.75) is 19.1 Å². The van der Waals surface area contributed by atoms with Gasteiger partial charge in [0, 0.05) is 32.4 Å². The van der Waals surface area contributed by atoms with Crippen molar-refractivity contribution in [3.05, 3.63) is 29.3 Å². The Balaban J connectivity index is 2.15. The largest absolute Gasteiger partial charge is 0.416 e. The van der Waals surface area contributed by atoms with Crippen LogP contribution in [-0.4, -0.2) is 38.6 Å². The molecule has 0 spiro atoms. The molecule has 2 rings (SSSR count). The van der Waals surface area contributed by atoms with Crippen LogP contribution in [0.2, 0.25) is 0 Å². The molecule has 0 amide bonds. The molecule has 1 aromatic carbocycles. The lowest BCUT2D eigenvalue weighted by Gasteiger charge is -2.26. The van der Waals surface area contributed by atoms with Gasteiger partial charge in [-0.05, 0) is 49.7 Å². The van der Waals surface area contributed by atoms with Crippen molar-refractivity contribution in [2.24, 2.45) is 11.7 Å². The van der Waals surface area contributed by atoms with E-state index in [-0.39, 0.29) is 6.54 Å². The van der Waals surface area contributed by atoms with Crippen molar-refractivity contribution >= 4 is 5.69 Å². The number of likely N-dealkylation sites (tertiary alicyclic amines) is 1. The van der Waals surface area contributed by atoms with Crippen molar-refractivity contribution < 1.29 is 13.2 Å². The zero-order valence-corrected chi connectivity index (χ0v) is 12.5. The van der Waals surface area contributed by atoms with Crippen molar-refractivity contribution in [3.63, 3.8) is 0 Å². The number of hydrogen-bond acceptors (Lipinski definition) is 3. The Morgan fingerprint density at radius 1 is 1.38 bits per heavy atom. The van der Waals surface area contributed by atoms with Gasteiger partial charge in [0.15, 0.2) is 0 Å². The van der Waals surface area contributed by atoms with Gasteiger partial charge in [-0.3, -0.25) is 0 Å². The van der Waals surface area contributed by atoms with Gasteiger partial charge in [-0.2, -0.15) is 13.2 Å². The average molecular weight is 301 g/mol. The summed E-state index contributed by atoms with van der Waals surface area (Å²) >= 11 is 0. The Bertz CT molecular complexity index is 488. The monoisotopic (exact) mass is 301 g/mol. The molecule has 1 fully saturated rings. The summed E-state index contributed by atoms with van der Waals surface area (Å²) in [6.07, 6.45) is -3.20. The molecule has 0 bridgehead atoms. The van der Waals surface area contributed by atoms with Crippen LogP contribution in [-0.2, 0) is 12.7 Å². The van der Waals surface area contributed by atoms with Crippen LogP contribution in [0.3, 0.4) is 0 Å². The lowest BCUT2D eigenvalue weighted by Crippen LogP contribution is -2.28. The fourth-order valence-corrected chi connectivity index (χ4v) is 2.96. The molecular weight excluding hydrogens is 279 g/mol. The summed E-state index contributed by atoms with van der Waals surface area (Å²) < 4.78 is 38.2. The topological polar surface area (TPSA) is 32.5 Å². The third kappa shape index (κ3) is 3.89. The molecule has 1 unspecified atom stereocenters. The van der Waals surface area contributed by atoms with E-state index in [1.54, 1.807) is 0 Å². The summed E-state index contributed by atoms with van der Waals surface area (Å²) in [6.45, 7) is 3.05. The fraction of sp³-hybridized carbons (Fsp3) is 0.600. The summed E-state index contributed by atoms with van der Waals surface area (Å²) in [5.41, 5.74) is 6.32. The molecule has 0 aliphatic carbocycles. The van der Waals surface area contributed by atoms with Crippen molar-refractivity contribution in [1.82, 2.24) is 4.90 Å². The molecular formula is C15H22F3N3. The van der Waals surface area contributed by atoms with Crippen molar-refractivity contribution in [3.8, 4) is 0 Å². The predicted octanol–water partition coefficient (Wildman–Crippen LogP) is 2.55. The molecule has 3 nitrogen and oxygen atoms in total. The molecule has 6 heteroatoms. The highest BCUT2D eigenvalue weighted by molar-refractivity contribution is 5.55. The molecule has 2 N–H and O–H groups in total. The predicted molar refractivity (Wildman–Crippen MR) is 78.2 cm³/mol. The van der Waals surface area contributed by atoms with Crippen molar-refractivity contribution in [2.75, 3.05) is 38.6 Å². The van der Waals surface area contributed by atoms with Gasteiger partial charge in [-0.1, -0.05) is 0 Å². The summed E-state index contributed by atoms with van der Waals surface area (Å²) in [5.74, 6) is 0.549. The maximum atomic E-state index is 12.7. The molecule has 1 aliphatic heterocycles.